The average molecular weight is 476 g/mol. The Morgan fingerprint density at radius 2 is 1.46 bits per heavy atom. The van der Waals surface area contributed by atoms with Gasteiger partial charge < -0.3 is 10.1 Å². The third-order valence-corrected chi connectivity index (χ3v) is 5.72. The molecule has 3 aromatic carbocycles. The van der Waals surface area contributed by atoms with Gasteiger partial charge in [0.05, 0.1) is 11.4 Å². The predicted molar refractivity (Wildman–Crippen MR) is 133 cm³/mol. The summed E-state index contributed by atoms with van der Waals surface area (Å²) >= 11 is 0. The third kappa shape index (κ3) is 6.38. The molecule has 1 N–H and O–H groups in total. The second-order valence-corrected chi connectivity index (χ2v) is 8.57. The van der Waals surface area contributed by atoms with Crippen molar-refractivity contribution >= 4 is 17.5 Å². The van der Waals surface area contributed by atoms with Crippen LogP contribution in [0.25, 0.3) is 0 Å². The second kappa shape index (κ2) is 11.0. The van der Waals surface area contributed by atoms with Crippen molar-refractivity contribution in [3.05, 3.63) is 102 Å². The number of ether oxygens (including phenoxy) is 1. The Morgan fingerprint density at radius 3 is 2.03 bits per heavy atom. The summed E-state index contributed by atoms with van der Waals surface area (Å²) in [5, 5.41) is 2.59. The molecule has 1 aliphatic rings. The molecule has 0 bridgehead atoms. The van der Waals surface area contributed by atoms with Crippen molar-refractivity contribution in [2.75, 3.05) is 6.54 Å². The minimum atomic E-state index is -0.921. The number of carbonyl (C=O) groups is 1. The highest BCUT2D eigenvalue weighted by Gasteiger charge is 2.32. The highest BCUT2D eigenvalue weighted by Crippen LogP contribution is 2.30. The highest BCUT2D eigenvalue weighted by atomic mass is 19.1. The number of hydrogen-bond donors (Lipinski definition) is 1. The van der Waals surface area contributed by atoms with E-state index in [9.17, 15) is 13.6 Å². The second-order valence-electron chi connectivity index (χ2n) is 8.57. The molecule has 0 radical (unpaired) electrons. The van der Waals surface area contributed by atoms with E-state index in [4.69, 9.17) is 14.7 Å². The van der Waals surface area contributed by atoms with E-state index in [1.54, 1.807) is 0 Å². The normalized spacial score (nSPS) is 14.3. The summed E-state index contributed by atoms with van der Waals surface area (Å²) in [6, 6.07) is 22.9. The van der Waals surface area contributed by atoms with Crippen molar-refractivity contribution in [2.24, 2.45) is 9.98 Å². The summed E-state index contributed by atoms with van der Waals surface area (Å²) in [6.07, 6.45) is 2.45. The molecular weight excluding hydrogens is 448 g/mol. The number of halogens is 2. The van der Waals surface area contributed by atoms with Gasteiger partial charge in [0.15, 0.2) is 11.6 Å². The third-order valence-electron chi connectivity index (χ3n) is 5.72. The maximum Gasteiger partial charge on any atom is 0.412 e. The fourth-order valence-corrected chi connectivity index (χ4v) is 3.97. The molecule has 0 saturated heterocycles. The van der Waals surface area contributed by atoms with Gasteiger partial charge >= 0.3 is 6.09 Å². The lowest BCUT2D eigenvalue weighted by molar-refractivity contribution is 0.198. The van der Waals surface area contributed by atoms with Gasteiger partial charge in [-0.15, -0.1) is 0 Å². The number of amides is 1. The van der Waals surface area contributed by atoms with Crippen LogP contribution in [-0.2, 0) is 0 Å². The van der Waals surface area contributed by atoms with Crippen molar-refractivity contribution in [1.29, 1.82) is 0 Å². The summed E-state index contributed by atoms with van der Waals surface area (Å²) in [5.74, 6) is -1.96. The Balaban J connectivity index is 1.29. The zero-order chi connectivity index (χ0) is 24.7. The first kappa shape index (κ1) is 24.3. The number of hydrogen-bond acceptors (Lipinski definition) is 4. The Bertz CT molecular complexity index is 1170. The van der Waals surface area contributed by atoms with Crippen molar-refractivity contribution in [3.8, 4) is 5.75 Å². The maximum absolute atomic E-state index is 13.6. The van der Waals surface area contributed by atoms with Gasteiger partial charge in [0.1, 0.15) is 11.5 Å². The molecule has 35 heavy (non-hydrogen) atoms. The molecule has 180 valence electrons. The van der Waals surface area contributed by atoms with Gasteiger partial charge in [0, 0.05) is 23.7 Å². The predicted octanol–water partition coefficient (Wildman–Crippen LogP) is 6.32. The summed E-state index contributed by atoms with van der Waals surface area (Å²) in [4.78, 5) is 21.9. The van der Waals surface area contributed by atoms with Gasteiger partial charge in [-0.1, -0.05) is 67.1 Å². The smallest absolute Gasteiger partial charge is 0.407 e. The average Bonchev–Trinajstić information content (AvgIpc) is 3.22. The lowest BCUT2D eigenvalue weighted by atomic mass is 10.0. The van der Waals surface area contributed by atoms with Crippen molar-refractivity contribution in [3.63, 3.8) is 0 Å². The molecule has 1 heterocycles. The molecule has 1 amide bonds. The molecule has 0 saturated carbocycles. The zero-order valence-electron chi connectivity index (χ0n) is 19.5. The molecule has 0 atom stereocenters. The molecule has 0 aliphatic carbocycles. The molecule has 3 aromatic rings. The van der Waals surface area contributed by atoms with Crippen LogP contribution in [0, 0.1) is 11.6 Å². The van der Waals surface area contributed by atoms with Gasteiger partial charge in [0.2, 0.25) is 0 Å². The monoisotopic (exact) mass is 475 g/mol. The minimum absolute atomic E-state index is 0.308. The van der Waals surface area contributed by atoms with Crippen LogP contribution in [0.1, 0.15) is 43.7 Å². The largest absolute Gasteiger partial charge is 0.412 e. The van der Waals surface area contributed by atoms with Gasteiger partial charge in [-0.3, -0.25) is 9.98 Å². The highest BCUT2D eigenvalue weighted by molar-refractivity contribution is 6.54. The van der Waals surface area contributed by atoms with E-state index in [0.717, 1.165) is 60.4 Å². The van der Waals surface area contributed by atoms with E-state index >= 15 is 0 Å². The van der Waals surface area contributed by atoms with Crippen LogP contribution in [0.15, 0.2) is 88.8 Å². The van der Waals surface area contributed by atoms with E-state index in [1.807, 2.05) is 67.6 Å². The van der Waals surface area contributed by atoms with Gasteiger partial charge in [-0.05, 0) is 38.3 Å². The van der Waals surface area contributed by atoms with Gasteiger partial charge in [0.25, 0.3) is 0 Å². The molecule has 0 unspecified atom stereocenters. The lowest BCUT2D eigenvalue weighted by Crippen LogP contribution is -2.28. The van der Waals surface area contributed by atoms with Crippen LogP contribution in [0.5, 0.6) is 5.75 Å². The Hall–Kier alpha value is -3.87. The number of unbranched alkanes of at least 4 members (excludes halogenated alkanes) is 2. The van der Waals surface area contributed by atoms with Crippen LogP contribution in [0.2, 0.25) is 0 Å². The quantitative estimate of drug-likeness (QED) is 0.368. The molecule has 0 aromatic heterocycles. The SMILES string of the molecule is CC1(CCCCCNC(=O)Oc2ccc(F)cc2F)N=C(c2ccccc2)C(c2ccccc2)=N1. The van der Waals surface area contributed by atoms with E-state index < -0.39 is 23.4 Å². The molecule has 5 nitrogen and oxygen atoms in total. The standard InChI is InChI=1S/C28H27F2N3O2/c1-28(17-9-4-10-18-31-27(34)35-24-16-15-22(29)19-23(24)30)32-25(20-11-5-2-6-12-20)26(33-28)21-13-7-3-8-14-21/h2-3,5-8,11-16,19H,4,9-10,17-18H2,1H3,(H,31,34). The summed E-state index contributed by atoms with van der Waals surface area (Å²) in [5.41, 5.74) is 3.33. The number of aliphatic imine (C=N–C) groups is 2. The van der Waals surface area contributed by atoms with Crippen LogP contribution < -0.4 is 10.1 Å². The molecule has 4 rings (SSSR count). The Labute approximate surface area is 203 Å². The van der Waals surface area contributed by atoms with Crippen LogP contribution >= 0.6 is 0 Å². The summed E-state index contributed by atoms with van der Waals surface area (Å²) < 4.78 is 31.4. The summed E-state index contributed by atoms with van der Waals surface area (Å²) in [7, 11) is 0. The van der Waals surface area contributed by atoms with Crippen molar-refractivity contribution in [2.45, 2.75) is 38.3 Å². The molecule has 0 fully saturated rings. The first-order chi connectivity index (χ1) is 16.9. The van der Waals surface area contributed by atoms with E-state index in [-0.39, 0.29) is 5.75 Å². The number of carbonyl (C=O) groups excluding carboxylic acids is 1. The van der Waals surface area contributed by atoms with Gasteiger partial charge in [-0.2, -0.15) is 0 Å². The molecule has 7 heteroatoms. The number of nitrogens with zero attached hydrogens (tertiary/aromatic N) is 2. The minimum Gasteiger partial charge on any atom is -0.407 e. The maximum atomic E-state index is 13.6. The Kier molecular flexibility index (Phi) is 7.65. The number of benzene rings is 3. The summed E-state index contributed by atoms with van der Waals surface area (Å²) in [6.45, 7) is 2.42. The fourth-order valence-electron chi connectivity index (χ4n) is 3.97. The molecular formula is C28H27F2N3O2. The first-order valence-electron chi connectivity index (χ1n) is 11.7. The zero-order valence-corrected chi connectivity index (χ0v) is 19.5. The topological polar surface area (TPSA) is 63.0 Å². The molecule has 0 spiro atoms. The van der Waals surface area contributed by atoms with E-state index in [1.165, 1.54) is 0 Å². The van der Waals surface area contributed by atoms with Crippen LogP contribution in [-0.4, -0.2) is 29.7 Å². The van der Waals surface area contributed by atoms with Crippen LogP contribution in [0.3, 0.4) is 0 Å². The molecule has 1 aliphatic heterocycles. The van der Waals surface area contributed by atoms with Crippen molar-refractivity contribution in [1.82, 2.24) is 5.32 Å². The van der Waals surface area contributed by atoms with Gasteiger partial charge in [-0.25, -0.2) is 13.6 Å². The number of rotatable bonds is 9. The lowest BCUT2D eigenvalue weighted by Gasteiger charge is -2.17. The van der Waals surface area contributed by atoms with Crippen molar-refractivity contribution < 1.29 is 18.3 Å². The fraction of sp³-hybridized carbons (Fsp3) is 0.250. The van der Waals surface area contributed by atoms with E-state index in [2.05, 4.69) is 5.32 Å². The first-order valence-corrected chi connectivity index (χ1v) is 11.7. The Morgan fingerprint density at radius 1 is 0.857 bits per heavy atom. The van der Waals surface area contributed by atoms with Crippen LogP contribution in [0.4, 0.5) is 13.6 Å². The number of nitrogens with one attached hydrogen (secondary N) is 1. The van der Waals surface area contributed by atoms with E-state index in [0.29, 0.717) is 12.6 Å².